The number of fused-ring (bicyclic) bond motifs is 3. The third-order valence-electron chi connectivity index (χ3n) is 7.69. The van der Waals surface area contributed by atoms with E-state index in [1.807, 2.05) is 0 Å². The SMILES string of the molecule is O=C(C1=C[C@@H]2[C@@H]3C(=O)N(c4ccccc4C(F)(F)F)C(=O)[C@@H]3[C@H](C(=O)c3ccc(Cl)cc3)N2C=C1)c1ccccc1. The molecule has 0 aromatic heterocycles. The molecule has 2 fully saturated rings. The van der Waals surface area contributed by atoms with Gasteiger partial charge < -0.3 is 4.90 Å². The number of halogens is 4. The number of allylic oxidation sites excluding steroid dienone is 2. The van der Waals surface area contributed by atoms with Gasteiger partial charge in [-0.05, 0) is 42.5 Å². The molecule has 0 unspecified atom stereocenters. The number of benzene rings is 3. The summed E-state index contributed by atoms with van der Waals surface area (Å²) in [6, 6.07) is 16.6. The molecule has 0 aliphatic carbocycles. The van der Waals surface area contributed by atoms with E-state index in [0.29, 0.717) is 15.5 Å². The van der Waals surface area contributed by atoms with Gasteiger partial charge in [-0.2, -0.15) is 13.2 Å². The summed E-state index contributed by atoms with van der Waals surface area (Å²) in [5, 5.41) is 0.385. The van der Waals surface area contributed by atoms with Gasteiger partial charge >= 0.3 is 6.18 Å². The second-order valence-corrected chi connectivity index (χ2v) is 10.4. The summed E-state index contributed by atoms with van der Waals surface area (Å²) < 4.78 is 41.7. The van der Waals surface area contributed by atoms with Crippen LogP contribution in [0.15, 0.2) is 103 Å². The molecule has 3 heterocycles. The van der Waals surface area contributed by atoms with E-state index in [2.05, 4.69) is 0 Å². The van der Waals surface area contributed by atoms with Gasteiger partial charge in [-0.1, -0.05) is 60.1 Å². The molecule has 10 heteroatoms. The van der Waals surface area contributed by atoms with Crippen LogP contribution in [0.3, 0.4) is 0 Å². The zero-order valence-electron chi connectivity index (χ0n) is 21.1. The molecule has 3 aromatic carbocycles. The minimum absolute atomic E-state index is 0.219. The van der Waals surface area contributed by atoms with Crippen LogP contribution in [-0.2, 0) is 15.8 Å². The number of alkyl halides is 3. The van der Waals surface area contributed by atoms with E-state index in [1.54, 1.807) is 35.2 Å². The minimum Gasteiger partial charge on any atom is -0.359 e. The van der Waals surface area contributed by atoms with Crippen LogP contribution in [0.5, 0.6) is 0 Å². The fourth-order valence-electron chi connectivity index (χ4n) is 5.88. The normalized spacial score (nSPS) is 23.4. The van der Waals surface area contributed by atoms with Crippen LogP contribution in [0.25, 0.3) is 0 Å². The fraction of sp³-hybridized carbons (Fsp3) is 0.161. The molecule has 2 amide bonds. The Morgan fingerprint density at radius 2 is 1.41 bits per heavy atom. The van der Waals surface area contributed by atoms with E-state index in [1.165, 1.54) is 54.8 Å². The molecule has 0 spiro atoms. The number of rotatable bonds is 5. The van der Waals surface area contributed by atoms with Crippen molar-refractivity contribution in [2.45, 2.75) is 18.3 Å². The van der Waals surface area contributed by atoms with Gasteiger partial charge in [-0.25, -0.2) is 4.90 Å². The largest absolute Gasteiger partial charge is 0.418 e. The lowest BCUT2D eigenvalue weighted by Crippen LogP contribution is -2.46. The standard InChI is InChI=1S/C31H20ClF3N2O4/c32-20-12-10-18(11-13-20)28(39)26-25-24(23-16-19(14-15-36(23)26)27(38)17-6-2-1-3-7-17)29(40)37(30(25)41)22-9-5-4-8-21(22)31(33,34)35/h1-16,23-26H/t23-,24+,25+,26-/m1/s1. The summed E-state index contributed by atoms with van der Waals surface area (Å²) in [6.07, 6.45) is -0.290. The van der Waals surface area contributed by atoms with E-state index < -0.39 is 58.9 Å². The highest BCUT2D eigenvalue weighted by atomic mass is 35.5. The summed E-state index contributed by atoms with van der Waals surface area (Å²) in [5.41, 5.74) is -0.876. The van der Waals surface area contributed by atoms with Crippen molar-refractivity contribution in [2.75, 3.05) is 4.90 Å². The maximum Gasteiger partial charge on any atom is 0.418 e. The predicted octanol–water partition coefficient (Wildman–Crippen LogP) is 5.74. The lowest BCUT2D eigenvalue weighted by atomic mass is 9.85. The van der Waals surface area contributed by atoms with Crippen molar-refractivity contribution in [3.63, 3.8) is 0 Å². The van der Waals surface area contributed by atoms with Gasteiger partial charge in [0.05, 0.1) is 29.1 Å². The number of carbonyl (C=O) groups is 4. The van der Waals surface area contributed by atoms with Gasteiger partial charge in [0.2, 0.25) is 11.8 Å². The Bertz CT molecular complexity index is 1650. The second kappa shape index (κ2) is 9.85. The molecular formula is C31H20ClF3N2O4. The van der Waals surface area contributed by atoms with E-state index >= 15 is 0 Å². The molecule has 4 atom stereocenters. The molecule has 0 saturated carbocycles. The maximum absolute atomic E-state index is 13.9. The molecule has 3 aliphatic rings. The van der Waals surface area contributed by atoms with Gasteiger partial charge in [-0.3, -0.25) is 19.2 Å². The van der Waals surface area contributed by atoms with Crippen LogP contribution in [0.4, 0.5) is 18.9 Å². The zero-order valence-corrected chi connectivity index (χ0v) is 21.8. The molecule has 0 radical (unpaired) electrons. The Kier molecular flexibility index (Phi) is 6.42. The third-order valence-corrected chi connectivity index (χ3v) is 7.95. The van der Waals surface area contributed by atoms with Crippen molar-refractivity contribution >= 4 is 40.7 Å². The number of amides is 2. The average molecular weight is 577 g/mol. The van der Waals surface area contributed by atoms with Crippen molar-refractivity contribution in [1.29, 1.82) is 0 Å². The number of anilines is 1. The summed E-state index contributed by atoms with van der Waals surface area (Å²) in [7, 11) is 0. The number of para-hydroxylation sites is 1. The van der Waals surface area contributed by atoms with Crippen molar-refractivity contribution < 1.29 is 32.3 Å². The van der Waals surface area contributed by atoms with Crippen molar-refractivity contribution in [3.8, 4) is 0 Å². The molecule has 206 valence electrons. The quantitative estimate of drug-likeness (QED) is 0.286. The number of ketones is 2. The van der Waals surface area contributed by atoms with Crippen LogP contribution < -0.4 is 4.90 Å². The molecule has 41 heavy (non-hydrogen) atoms. The van der Waals surface area contributed by atoms with Crippen LogP contribution in [0, 0.1) is 11.8 Å². The van der Waals surface area contributed by atoms with Crippen LogP contribution in [-0.4, -0.2) is 40.4 Å². The lowest BCUT2D eigenvalue weighted by molar-refractivity contribution is -0.137. The van der Waals surface area contributed by atoms with Crippen LogP contribution in [0.2, 0.25) is 5.02 Å². The first-order valence-electron chi connectivity index (χ1n) is 12.7. The monoisotopic (exact) mass is 576 g/mol. The molecule has 0 bridgehead atoms. The number of carbonyl (C=O) groups excluding carboxylic acids is 4. The third kappa shape index (κ3) is 4.37. The molecule has 6 rings (SSSR count). The van der Waals surface area contributed by atoms with Crippen molar-refractivity contribution in [1.82, 2.24) is 4.90 Å². The van der Waals surface area contributed by atoms with Crippen molar-refractivity contribution in [2.24, 2.45) is 11.8 Å². The first kappa shape index (κ1) is 26.7. The Hall–Kier alpha value is -4.50. The number of imide groups is 1. The van der Waals surface area contributed by atoms with E-state index in [4.69, 9.17) is 11.6 Å². The summed E-state index contributed by atoms with van der Waals surface area (Å²) in [5.74, 6) is -5.09. The molecule has 2 saturated heterocycles. The Morgan fingerprint density at radius 1 is 0.780 bits per heavy atom. The first-order chi connectivity index (χ1) is 19.6. The molecule has 6 nitrogen and oxygen atoms in total. The van der Waals surface area contributed by atoms with E-state index in [9.17, 15) is 32.3 Å². The van der Waals surface area contributed by atoms with Gasteiger partial charge in [0, 0.05) is 27.9 Å². The molecule has 3 aromatic rings. The maximum atomic E-state index is 13.9. The van der Waals surface area contributed by atoms with Gasteiger partial charge in [0.1, 0.15) is 6.04 Å². The van der Waals surface area contributed by atoms with Gasteiger partial charge in [0.15, 0.2) is 11.6 Å². The topological polar surface area (TPSA) is 74.8 Å². The number of nitrogens with zero attached hydrogens (tertiary/aromatic N) is 2. The Morgan fingerprint density at radius 3 is 2.10 bits per heavy atom. The second-order valence-electron chi connectivity index (χ2n) is 9.97. The number of hydrogen-bond acceptors (Lipinski definition) is 5. The summed E-state index contributed by atoms with van der Waals surface area (Å²) >= 11 is 5.98. The number of Topliss-reactive ketones (excluding diaryl/α,β-unsaturated/α-hetero) is 2. The Labute approximate surface area is 237 Å². The van der Waals surface area contributed by atoms with Gasteiger partial charge in [-0.15, -0.1) is 0 Å². The highest BCUT2D eigenvalue weighted by molar-refractivity contribution is 6.30. The smallest absolute Gasteiger partial charge is 0.359 e. The van der Waals surface area contributed by atoms with Gasteiger partial charge in [0.25, 0.3) is 0 Å². The fourth-order valence-corrected chi connectivity index (χ4v) is 6.01. The van der Waals surface area contributed by atoms with Crippen LogP contribution >= 0.6 is 11.6 Å². The van der Waals surface area contributed by atoms with E-state index in [-0.39, 0.29) is 16.9 Å². The summed E-state index contributed by atoms with van der Waals surface area (Å²) in [4.78, 5) is 56.9. The average Bonchev–Trinajstić information content (AvgIpc) is 3.44. The highest BCUT2D eigenvalue weighted by Crippen LogP contribution is 2.49. The molecule has 3 aliphatic heterocycles. The molecular weight excluding hydrogens is 557 g/mol. The van der Waals surface area contributed by atoms with Crippen molar-refractivity contribution in [3.05, 3.63) is 125 Å². The molecule has 0 N–H and O–H groups in total. The highest BCUT2D eigenvalue weighted by Gasteiger charge is 2.64. The Balaban J connectivity index is 1.46. The van der Waals surface area contributed by atoms with Crippen LogP contribution in [0.1, 0.15) is 26.3 Å². The minimum atomic E-state index is -4.83. The number of hydrogen-bond donors (Lipinski definition) is 0. The summed E-state index contributed by atoms with van der Waals surface area (Å²) in [6.45, 7) is 0. The first-order valence-corrected chi connectivity index (χ1v) is 13.1. The predicted molar refractivity (Wildman–Crippen MR) is 144 cm³/mol. The van der Waals surface area contributed by atoms with E-state index in [0.717, 1.165) is 12.1 Å². The zero-order chi connectivity index (χ0) is 29.1. The lowest BCUT2D eigenvalue weighted by Gasteiger charge is -2.33.